The standard InChI is InChI=1S/C21H17BrN2O2S/c1-13-11-17(14(2)24(13)16-9-7-15(22)8-10-16)19(25)12-27-21-23-18-5-3-4-6-20(18)26-21/h3-11H,12H2,1-2H3. The molecule has 0 spiro atoms. The number of carbonyl (C=O) groups is 1. The maximum atomic E-state index is 12.8. The van der Waals surface area contributed by atoms with E-state index in [9.17, 15) is 4.79 Å². The Bertz CT molecular complexity index is 1100. The van der Waals surface area contributed by atoms with Gasteiger partial charge in [0.05, 0.1) is 5.75 Å². The molecule has 136 valence electrons. The van der Waals surface area contributed by atoms with Gasteiger partial charge < -0.3 is 8.98 Å². The van der Waals surface area contributed by atoms with Crippen molar-refractivity contribution >= 4 is 44.6 Å². The molecule has 4 aromatic rings. The van der Waals surface area contributed by atoms with Crippen LogP contribution in [0.5, 0.6) is 0 Å². The number of nitrogens with zero attached hydrogens (tertiary/aromatic N) is 2. The molecule has 4 rings (SSSR count). The first-order valence-corrected chi connectivity index (χ1v) is 10.3. The summed E-state index contributed by atoms with van der Waals surface area (Å²) in [4.78, 5) is 17.2. The lowest BCUT2D eigenvalue weighted by molar-refractivity contribution is 0.102. The van der Waals surface area contributed by atoms with Gasteiger partial charge in [0.15, 0.2) is 11.4 Å². The van der Waals surface area contributed by atoms with Crippen LogP contribution in [0.15, 0.2) is 68.7 Å². The molecule has 0 fully saturated rings. The lowest BCUT2D eigenvalue weighted by Crippen LogP contribution is -2.05. The summed E-state index contributed by atoms with van der Waals surface area (Å²) in [7, 11) is 0. The molecule has 0 aliphatic rings. The number of hydrogen-bond donors (Lipinski definition) is 0. The van der Waals surface area contributed by atoms with Crippen LogP contribution in [0, 0.1) is 13.8 Å². The molecular formula is C21H17BrN2O2S. The Kier molecular flexibility index (Phi) is 4.93. The van der Waals surface area contributed by atoms with Gasteiger partial charge in [0.25, 0.3) is 5.22 Å². The number of aromatic nitrogens is 2. The third-order valence-electron chi connectivity index (χ3n) is 4.42. The van der Waals surface area contributed by atoms with Crippen molar-refractivity contribution in [3.8, 4) is 5.69 Å². The number of fused-ring (bicyclic) bond motifs is 1. The third kappa shape index (κ3) is 3.59. The average molecular weight is 441 g/mol. The van der Waals surface area contributed by atoms with E-state index in [1.54, 1.807) is 0 Å². The Morgan fingerprint density at radius 1 is 1.15 bits per heavy atom. The van der Waals surface area contributed by atoms with Crippen LogP contribution in [-0.4, -0.2) is 21.1 Å². The van der Waals surface area contributed by atoms with Gasteiger partial charge in [-0.2, -0.15) is 0 Å². The Morgan fingerprint density at radius 2 is 1.89 bits per heavy atom. The van der Waals surface area contributed by atoms with Gasteiger partial charge in [-0.1, -0.05) is 39.8 Å². The maximum Gasteiger partial charge on any atom is 0.257 e. The predicted octanol–water partition coefficient (Wildman–Crippen LogP) is 5.97. The van der Waals surface area contributed by atoms with E-state index in [2.05, 4.69) is 25.5 Å². The number of thioether (sulfide) groups is 1. The second-order valence-electron chi connectivity index (χ2n) is 6.26. The number of Topliss-reactive ketones (excluding diaryl/α,β-unsaturated/α-hetero) is 1. The number of halogens is 1. The van der Waals surface area contributed by atoms with Crippen LogP contribution in [0.25, 0.3) is 16.8 Å². The molecule has 0 saturated heterocycles. The van der Waals surface area contributed by atoms with Crippen molar-refractivity contribution in [3.05, 3.63) is 76.0 Å². The van der Waals surface area contributed by atoms with Crippen LogP contribution in [-0.2, 0) is 0 Å². The molecule has 6 heteroatoms. The minimum atomic E-state index is 0.0683. The van der Waals surface area contributed by atoms with Gasteiger partial charge in [-0.3, -0.25) is 4.79 Å². The minimum Gasteiger partial charge on any atom is -0.431 e. The van der Waals surface area contributed by atoms with Crippen molar-refractivity contribution in [1.82, 2.24) is 9.55 Å². The van der Waals surface area contributed by atoms with Gasteiger partial charge in [-0.05, 0) is 56.3 Å². The van der Waals surface area contributed by atoms with Crippen LogP contribution in [0.1, 0.15) is 21.7 Å². The van der Waals surface area contributed by atoms with E-state index in [1.165, 1.54) is 11.8 Å². The van der Waals surface area contributed by atoms with E-state index in [4.69, 9.17) is 4.42 Å². The second-order valence-corrected chi connectivity index (χ2v) is 8.10. The number of aryl methyl sites for hydroxylation is 1. The van der Waals surface area contributed by atoms with E-state index in [1.807, 2.05) is 68.4 Å². The van der Waals surface area contributed by atoms with Crippen molar-refractivity contribution in [3.63, 3.8) is 0 Å². The fourth-order valence-electron chi connectivity index (χ4n) is 3.15. The van der Waals surface area contributed by atoms with Crippen molar-refractivity contribution in [2.45, 2.75) is 19.1 Å². The van der Waals surface area contributed by atoms with Gasteiger partial charge in [-0.15, -0.1) is 0 Å². The van der Waals surface area contributed by atoms with Gasteiger partial charge >= 0.3 is 0 Å². The van der Waals surface area contributed by atoms with E-state index in [0.29, 0.717) is 5.22 Å². The SMILES string of the molecule is Cc1cc(C(=O)CSc2nc3ccccc3o2)c(C)n1-c1ccc(Br)cc1. The molecule has 0 unspecified atom stereocenters. The fraction of sp³-hybridized carbons (Fsp3) is 0.143. The Labute approximate surface area is 169 Å². The summed E-state index contributed by atoms with van der Waals surface area (Å²) in [6.07, 6.45) is 0. The monoisotopic (exact) mass is 440 g/mol. The van der Waals surface area contributed by atoms with Crippen molar-refractivity contribution < 1.29 is 9.21 Å². The zero-order chi connectivity index (χ0) is 19.0. The number of benzene rings is 2. The molecule has 0 atom stereocenters. The Balaban J connectivity index is 1.55. The van der Waals surface area contributed by atoms with Crippen molar-refractivity contribution in [2.75, 3.05) is 5.75 Å². The zero-order valence-electron chi connectivity index (χ0n) is 14.9. The highest BCUT2D eigenvalue weighted by molar-refractivity contribution is 9.10. The molecule has 0 saturated carbocycles. The third-order valence-corrected chi connectivity index (χ3v) is 5.77. The van der Waals surface area contributed by atoms with Gasteiger partial charge in [0.1, 0.15) is 5.52 Å². The normalized spacial score (nSPS) is 11.2. The topological polar surface area (TPSA) is 48.0 Å². The van der Waals surface area contributed by atoms with Crippen molar-refractivity contribution in [1.29, 1.82) is 0 Å². The number of oxazole rings is 1. The summed E-state index contributed by atoms with van der Waals surface area (Å²) in [5.74, 6) is 0.357. The van der Waals surface area contributed by atoms with Crippen LogP contribution >= 0.6 is 27.7 Å². The molecule has 2 aromatic carbocycles. The summed E-state index contributed by atoms with van der Waals surface area (Å²) >= 11 is 4.79. The Hall–Kier alpha value is -2.31. The van der Waals surface area contributed by atoms with Crippen molar-refractivity contribution in [2.24, 2.45) is 0 Å². The van der Waals surface area contributed by atoms with E-state index < -0.39 is 0 Å². The number of para-hydroxylation sites is 2. The Morgan fingerprint density at radius 3 is 2.63 bits per heavy atom. The van der Waals surface area contributed by atoms with Crippen LogP contribution < -0.4 is 0 Å². The lowest BCUT2D eigenvalue weighted by atomic mass is 10.2. The highest BCUT2D eigenvalue weighted by atomic mass is 79.9. The van der Waals surface area contributed by atoms with Gasteiger partial charge in [0, 0.05) is 27.1 Å². The maximum absolute atomic E-state index is 12.8. The summed E-state index contributed by atoms with van der Waals surface area (Å²) < 4.78 is 8.81. The van der Waals surface area contributed by atoms with Gasteiger partial charge in [0.2, 0.25) is 0 Å². The number of hydrogen-bond acceptors (Lipinski definition) is 4. The highest BCUT2D eigenvalue weighted by Gasteiger charge is 2.18. The van der Waals surface area contributed by atoms with Gasteiger partial charge in [-0.25, -0.2) is 4.98 Å². The average Bonchev–Trinajstić information content (AvgIpc) is 3.21. The predicted molar refractivity (Wildman–Crippen MR) is 112 cm³/mol. The summed E-state index contributed by atoms with van der Waals surface area (Å²) in [5.41, 5.74) is 5.29. The van der Waals surface area contributed by atoms with Crippen LogP contribution in [0.2, 0.25) is 0 Å². The number of carbonyl (C=O) groups excluding carboxylic acids is 1. The molecule has 0 bridgehead atoms. The molecule has 4 nitrogen and oxygen atoms in total. The van der Waals surface area contributed by atoms with Crippen LogP contribution in [0.4, 0.5) is 0 Å². The van der Waals surface area contributed by atoms with E-state index >= 15 is 0 Å². The first-order valence-electron chi connectivity index (χ1n) is 8.49. The molecular weight excluding hydrogens is 424 g/mol. The fourth-order valence-corrected chi connectivity index (χ4v) is 4.14. The molecule has 0 radical (unpaired) electrons. The number of rotatable bonds is 5. The summed E-state index contributed by atoms with van der Waals surface area (Å²) in [5, 5.41) is 0.520. The smallest absolute Gasteiger partial charge is 0.257 e. The number of ketones is 1. The first-order chi connectivity index (χ1) is 13.0. The summed E-state index contributed by atoms with van der Waals surface area (Å²) in [6, 6.07) is 17.6. The molecule has 27 heavy (non-hydrogen) atoms. The molecule has 2 heterocycles. The van der Waals surface area contributed by atoms with Crippen LogP contribution in [0.3, 0.4) is 0 Å². The highest BCUT2D eigenvalue weighted by Crippen LogP contribution is 2.26. The quantitative estimate of drug-likeness (QED) is 0.283. The zero-order valence-corrected chi connectivity index (χ0v) is 17.3. The largest absolute Gasteiger partial charge is 0.431 e. The molecule has 2 aromatic heterocycles. The minimum absolute atomic E-state index is 0.0683. The molecule has 0 amide bonds. The second kappa shape index (κ2) is 7.37. The van der Waals surface area contributed by atoms with E-state index in [-0.39, 0.29) is 11.5 Å². The summed E-state index contributed by atoms with van der Waals surface area (Å²) in [6.45, 7) is 3.99. The lowest BCUT2D eigenvalue weighted by Gasteiger charge is -2.10. The first kappa shape index (κ1) is 18.1. The molecule has 0 aliphatic carbocycles. The molecule has 0 N–H and O–H groups in total. The molecule has 0 aliphatic heterocycles. The van der Waals surface area contributed by atoms with E-state index in [0.717, 1.165) is 38.2 Å².